The lowest BCUT2D eigenvalue weighted by Gasteiger charge is -2.11. The van der Waals surface area contributed by atoms with Gasteiger partial charge in [0.2, 0.25) is 0 Å². The highest BCUT2D eigenvalue weighted by atomic mass is 16.5. The van der Waals surface area contributed by atoms with Gasteiger partial charge in [0.05, 0.1) is 6.61 Å². The molecule has 0 fully saturated rings. The smallest absolute Gasteiger partial charge is 0.262 e. The molecule has 0 heterocycles. The maximum Gasteiger partial charge on any atom is 0.262 e. The molecule has 0 aromatic heterocycles. The first kappa shape index (κ1) is 14.7. The summed E-state index contributed by atoms with van der Waals surface area (Å²) in [4.78, 5) is 11.8. The minimum atomic E-state index is -0.463. The quantitative estimate of drug-likeness (QED) is 0.620. The summed E-state index contributed by atoms with van der Waals surface area (Å²) >= 11 is 0. The Bertz CT molecular complexity index is 518. The van der Waals surface area contributed by atoms with E-state index in [2.05, 4.69) is 5.32 Å². The van der Waals surface area contributed by atoms with Crippen molar-refractivity contribution in [1.29, 1.82) is 5.26 Å². The molecule has 1 atom stereocenters. The summed E-state index contributed by atoms with van der Waals surface area (Å²) in [5, 5.41) is 21.0. The molecule has 0 saturated heterocycles. The number of amides is 1. The van der Waals surface area contributed by atoms with E-state index in [1.807, 2.05) is 6.07 Å². The van der Waals surface area contributed by atoms with Gasteiger partial charge in [0.25, 0.3) is 5.91 Å². The van der Waals surface area contributed by atoms with E-state index in [0.29, 0.717) is 12.2 Å². The zero-order valence-electron chi connectivity index (χ0n) is 10.9. The summed E-state index contributed by atoms with van der Waals surface area (Å²) < 4.78 is 4.90. The van der Waals surface area contributed by atoms with Crippen LogP contribution in [0.3, 0.4) is 0 Å². The molecule has 0 radical (unpaired) electrons. The number of nitrogens with zero attached hydrogens (tertiary/aromatic N) is 1. The highest BCUT2D eigenvalue weighted by molar-refractivity contribution is 6.01. The number of nitrogens with one attached hydrogen (secondary N) is 1. The van der Waals surface area contributed by atoms with E-state index in [0.717, 1.165) is 0 Å². The number of ether oxygens (including phenoxy) is 1. The van der Waals surface area contributed by atoms with E-state index >= 15 is 0 Å². The van der Waals surface area contributed by atoms with Crippen LogP contribution in [0.4, 0.5) is 0 Å². The molecule has 1 aromatic rings. The number of benzene rings is 1. The van der Waals surface area contributed by atoms with E-state index in [4.69, 9.17) is 10.00 Å². The van der Waals surface area contributed by atoms with Crippen molar-refractivity contribution in [3.8, 4) is 11.8 Å². The zero-order valence-corrected chi connectivity index (χ0v) is 10.9. The lowest BCUT2D eigenvalue weighted by Crippen LogP contribution is -2.36. The predicted molar refractivity (Wildman–Crippen MR) is 71.2 cm³/mol. The van der Waals surface area contributed by atoms with Crippen LogP contribution in [0.15, 0.2) is 29.8 Å². The summed E-state index contributed by atoms with van der Waals surface area (Å²) in [6.45, 7) is 2.15. The Morgan fingerprint density at radius 3 is 2.95 bits per heavy atom. The minimum Gasteiger partial charge on any atom is -0.508 e. The molecule has 100 valence electrons. The molecule has 0 aliphatic carbocycles. The van der Waals surface area contributed by atoms with Gasteiger partial charge in [-0.2, -0.15) is 5.26 Å². The van der Waals surface area contributed by atoms with E-state index in [1.54, 1.807) is 19.1 Å². The van der Waals surface area contributed by atoms with Crippen LogP contribution < -0.4 is 5.32 Å². The van der Waals surface area contributed by atoms with Crippen LogP contribution in [0.2, 0.25) is 0 Å². The first-order valence-corrected chi connectivity index (χ1v) is 5.77. The van der Waals surface area contributed by atoms with Gasteiger partial charge in [0.15, 0.2) is 0 Å². The number of methoxy groups -OCH3 is 1. The molecule has 0 saturated carbocycles. The van der Waals surface area contributed by atoms with Crippen molar-refractivity contribution in [2.45, 2.75) is 13.0 Å². The summed E-state index contributed by atoms with van der Waals surface area (Å²) in [7, 11) is 1.54. The molecule has 2 N–H and O–H groups in total. The lowest BCUT2D eigenvalue weighted by molar-refractivity contribution is -0.117. The third kappa shape index (κ3) is 4.82. The molecule has 0 bridgehead atoms. The third-order valence-electron chi connectivity index (χ3n) is 2.34. The summed E-state index contributed by atoms with van der Waals surface area (Å²) in [6.07, 6.45) is 1.43. The van der Waals surface area contributed by atoms with Crippen LogP contribution in [0.5, 0.6) is 5.75 Å². The number of hydrogen-bond donors (Lipinski definition) is 2. The van der Waals surface area contributed by atoms with Crippen LogP contribution in [-0.4, -0.2) is 30.8 Å². The van der Waals surface area contributed by atoms with Gasteiger partial charge in [-0.3, -0.25) is 4.79 Å². The second-order valence-corrected chi connectivity index (χ2v) is 4.09. The maximum atomic E-state index is 11.8. The summed E-state index contributed by atoms with van der Waals surface area (Å²) in [5.74, 6) is -0.380. The fourth-order valence-corrected chi connectivity index (χ4v) is 1.52. The van der Waals surface area contributed by atoms with Gasteiger partial charge < -0.3 is 15.2 Å². The average molecular weight is 260 g/mol. The van der Waals surface area contributed by atoms with E-state index in [-0.39, 0.29) is 17.4 Å². The Morgan fingerprint density at radius 1 is 1.63 bits per heavy atom. The number of phenolic OH excluding ortho intramolecular Hbond substituents is 1. The lowest BCUT2D eigenvalue weighted by atomic mass is 10.1. The van der Waals surface area contributed by atoms with E-state index in [9.17, 15) is 9.90 Å². The van der Waals surface area contributed by atoms with Crippen molar-refractivity contribution in [2.75, 3.05) is 13.7 Å². The zero-order chi connectivity index (χ0) is 14.3. The van der Waals surface area contributed by atoms with Gasteiger partial charge in [0.1, 0.15) is 17.4 Å². The SMILES string of the molecule is COCC(C)NC(=O)/C(C#N)=C/c1cccc(O)c1. The van der Waals surface area contributed by atoms with Crippen LogP contribution in [0.25, 0.3) is 6.08 Å². The first-order chi connectivity index (χ1) is 9.06. The topological polar surface area (TPSA) is 82.3 Å². The van der Waals surface area contributed by atoms with Gasteiger partial charge in [-0.1, -0.05) is 12.1 Å². The Hall–Kier alpha value is -2.32. The number of phenols is 1. The number of carbonyl (C=O) groups excluding carboxylic acids is 1. The van der Waals surface area contributed by atoms with Crippen molar-refractivity contribution in [3.05, 3.63) is 35.4 Å². The van der Waals surface area contributed by atoms with Gasteiger partial charge in [0, 0.05) is 13.2 Å². The van der Waals surface area contributed by atoms with Gasteiger partial charge in [-0.25, -0.2) is 0 Å². The molecule has 0 aliphatic rings. The van der Waals surface area contributed by atoms with Gasteiger partial charge in [-0.05, 0) is 30.7 Å². The fraction of sp³-hybridized carbons (Fsp3) is 0.286. The number of nitriles is 1. The molecule has 5 nitrogen and oxygen atoms in total. The Labute approximate surface area is 112 Å². The largest absolute Gasteiger partial charge is 0.508 e. The van der Waals surface area contributed by atoms with Crippen LogP contribution >= 0.6 is 0 Å². The molecular formula is C14H16N2O3. The first-order valence-electron chi connectivity index (χ1n) is 5.77. The van der Waals surface area contributed by atoms with Crippen molar-refractivity contribution in [1.82, 2.24) is 5.32 Å². The number of aromatic hydroxyl groups is 1. The van der Waals surface area contributed by atoms with Crippen molar-refractivity contribution in [2.24, 2.45) is 0 Å². The third-order valence-corrected chi connectivity index (χ3v) is 2.34. The second-order valence-electron chi connectivity index (χ2n) is 4.09. The molecule has 1 rings (SSSR count). The molecule has 1 amide bonds. The fourth-order valence-electron chi connectivity index (χ4n) is 1.52. The maximum absolute atomic E-state index is 11.8. The highest BCUT2D eigenvalue weighted by Gasteiger charge is 2.12. The Balaban J connectivity index is 2.83. The van der Waals surface area contributed by atoms with Crippen LogP contribution in [-0.2, 0) is 9.53 Å². The average Bonchev–Trinajstić information content (AvgIpc) is 2.36. The molecule has 19 heavy (non-hydrogen) atoms. The summed E-state index contributed by atoms with van der Waals surface area (Å²) in [5.41, 5.74) is 0.569. The highest BCUT2D eigenvalue weighted by Crippen LogP contribution is 2.14. The molecule has 5 heteroatoms. The van der Waals surface area contributed by atoms with E-state index < -0.39 is 5.91 Å². The normalized spacial score (nSPS) is 12.6. The van der Waals surface area contributed by atoms with Gasteiger partial charge in [-0.15, -0.1) is 0 Å². The molecule has 0 aliphatic heterocycles. The van der Waals surface area contributed by atoms with E-state index in [1.165, 1.54) is 25.3 Å². The molecular weight excluding hydrogens is 244 g/mol. The van der Waals surface area contributed by atoms with Crippen molar-refractivity contribution >= 4 is 12.0 Å². The Kier molecular flexibility index (Phi) is 5.58. The Morgan fingerprint density at radius 2 is 2.37 bits per heavy atom. The van der Waals surface area contributed by atoms with Crippen LogP contribution in [0, 0.1) is 11.3 Å². The predicted octanol–water partition coefficient (Wildman–Crippen LogP) is 1.45. The molecule has 1 aromatic carbocycles. The van der Waals surface area contributed by atoms with Gasteiger partial charge >= 0.3 is 0 Å². The molecule has 0 spiro atoms. The van der Waals surface area contributed by atoms with Crippen molar-refractivity contribution in [3.63, 3.8) is 0 Å². The number of rotatable bonds is 5. The van der Waals surface area contributed by atoms with Crippen LogP contribution in [0.1, 0.15) is 12.5 Å². The number of hydrogen-bond acceptors (Lipinski definition) is 4. The minimum absolute atomic E-state index is 0.0199. The summed E-state index contributed by atoms with van der Waals surface area (Å²) in [6, 6.07) is 7.99. The standard InChI is InChI=1S/C14H16N2O3/c1-10(9-19-2)16-14(18)12(8-15)6-11-4-3-5-13(17)7-11/h3-7,10,17H,9H2,1-2H3,(H,16,18)/b12-6+. The number of carbonyl (C=O) groups is 1. The monoisotopic (exact) mass is 260 g/mol. The molecule has 1 unspecified atom stereocenters. The second kappa shape index (κ2) is 7.19. The van der Waals surface area contributed by atoms with Crippen molar-refractivity contribution < 1.29 is 14.6 Å².